The highest BCUT2D eigenvalue weighted by molar-refractivity contribution is 6.07. The molecular weight excluding hydrogens is 248 g/mol. The van der Waals surface area contributed by atoms with Gasteiger partial charge in [-0.25, -0.2) is 0 Å². The van der Waals surface area contributed by atoms with Gasteiger partial charge in [0.05, 0.1) is 0 Å². The van der Waals surface area contributed by atoms with E-state index in [0.29, 0.717) is 13.1 Å². The molecule has 1 amide bonds. The topological polar surface area (TPSA) is 46.3 Å². The third-order valence-electron chi connectivity index (χ3n) is 3.38. The summed E-state index contributed by atoms with van der Waals surface area (Å²) in [6.45, 7) is 4.90. The first-order valence-corrected chi connectivity index (χ1v) is 6.78. The zero-order chi connectivity index (χ0) is 14.5. The van der Waals surface area contributed by atoms with Gasteiger partial charge in [-0.05, 0) is 37.1 Å². The third kappa shape index (κ3) is 2.89. The Morgan fingerprint density at radius 3 is 2.20 bits per heavy atom. The monoisotopic (exact) mass is 268 g/mol. The van der Waals surface area contributed by atoms with E-state index in [9.17, 15) is 4.79 Å². The summed E-state index contributed by atoms with van der Waals surface area (Å²) < 4.78 is 0. The molecule has 20 heavy (non-hydrogen) atoms. The zero-order valence-electron chi connectivity index (χ0n) is 12.0. The SMILES string of the molecule is Cc1ccccc1C(=O)N(CCN)c1ccccc1C. The molecule has 2 aromatic carbocycles. The maximum Gasteiger partial charge on any atom is 0.258 e. The van der Waals surface area contributed by atoms with E-state index >= 15 is 0 Å². The number of para-hydroxylation sites is 1. The highest BCUT2D eigenvalue weighted by Crippen LogP contribution is 2.22. The number of carbonyl (C=O) groups is 1. The summed E-state index contributed by atoms with van der Waals surface area (Å²) >= 11 is 0. The van der Waals surface area contributed by atoms with Gasteiger partial charge in [-0.3, -0.25) is 4.79 Å². The lowest BCUT2D eigenvalue weighted by molar-refractivity contribution is 0.0987. The molecule has 2 aromatic rings. The van der Waals surface area contributed by atoms with Gasteiger partial charge in [0.1, 0.15) is 0 Å². The highest BCUT2D eigenvalue weighted by Gasteiger charge is 2.19. The molecule has 0 saturated heterocycles. The number of nitrogens with zero attached hydrogens (tertiary/aromatic N) is 1. The van der Waals surface area contributed by atoms with Gasteiger partial charge in [-0.2, -0.15) is 0 Å². The molecule has 0 saturated carbocycles. The molecule has 2 rings (SSSR count). The second-order valence-corrected chi connectivity index (χ2v) is 4.85. The van der Waals surface area contributed by atoms with Crippen molar-refractivity contribution in [3.63, 3.8) is 0 Å². The molecule has 0 radical (unpaired) electrons. The molecule has 0 bridgehead atoms. The summed E-state index contributed by atoms with van der Waals surface area (Å²) in [6, 6.07) is 15.5. The Bertz CT molecular complexity index is 607. The van der Waals surface area contributed by atoms with E-state index in [1.54, 1.807) is 4.90 Å². The molecule has 0 unspecified atom stereocenters. The van der Waals surface area contributed by atoms with Gasteiger partial charge in [0.2, 0.25) is 0 Å². The van der Waals surface area contributed by atoms with E-state index in [4.69, 9.17) is 5.73 Å². The number of benzene rings is 2. The van der Waals surface area contributed by atoms with E-state index in [0.717, 1.165) is 22.4 Å². The largest absolute Gasteiger partial charge is 0.329 e. The van der Waals surface area contributed by atoms with Gasteiger partial charge < -0.3 is 10.6 Å². The van der Waals surface area contributed by atoms with E-state index in [-0.39, 0.29) is 5.91 Å². The van der Waals surface area contributed by atoms with Crippen LogP contribution >= 0.6 is 0 Å². The summed E-state index contributed by atoms with van der Waals surface area (Å²) in [7, 11) is 0. The van der Waals surface area contributed by atoms with Crippen molar-refractivity contribution in [1.82, 2.24) is 0 Å². The quantitative estimate of drug-likeness (QED) is 0.926. The fourth-order valence-corrected chi connectivity index (χ4v) is 2.29. The minimum Gasteiger partial charge on any atom is -0.329 e. The smallest absolute Gasteiger partial charge is 0.258 e. The first-order valence-electron chi connectivity index (χ1n) is 6.78. The maximum absolute atomic E-state index is 12.8. The van der Waals surface area contributed by atoms with Crippen LogP contribution in [-0.4, -0.2) is 19.0 Å². The average Bonchev–Trinajstić information content (AvgIpc) is 2.46. The van der Waals surface area contributed by atoms with Crippen LogP contribution in [-0.2, 0) is 0 Å². The van der Waals surface area contributed by atoms with Gasteiger partial charge in [0.15, 0.2) is 0 Å². The summed E-state index contributed by atoms with van der Waals surface area (Å²) in [4.78, 5) is 14.5. The summed E-state index contributed by atoms with van der Waals surface area (Å²) in [5.41, 5.74) is 9.38. The lowest BCUT2D eigenvalue weighted by Crippen LogP contribution is -2.36. The predicted octanol–water partition coefficient (Wildman–Crippen LogP) is 2.91. The van der Waals surface area contributed by atoms with Crippen molar-refractivity contribution in [3.05, 3.63) is 65.2 Å². The van der Waals surface area contributed by atoms with Crippen LogP contribution in [0.15, 0.2) is 48.5 Å². The molecular formula is C17H20N2O. The minimum atomic E-state index is 0.00264. The van der Waals surface area contributed by atoms with E-state index in [1.165, 1.54) is 0 Å². The number of amides is 1. The van der Waals surface area contributed by atoms with Crippen molar-refractivity contribution in [2.24, 2.45) is 5.73 Å². The lowest BCUT2D eigenvalue weighted by atomic mass is 10.1. The fourth-order valence-electron chi connectivity index (χ4n) is 2.29. The normalized spacial score (nSPS) is 10.3. The number of aryl methyl sites for hydroxylation is 2. The molecule has 0 heterocycles. The number of hydrogen-bond acceptors (Lipinski definition) is 2. The van der Waals surface area contributed by atoms with Crippen LogP contribution in [0, 0.1) is 13.8 Å². The van der Waals surface area contributed by atoms with Crippen molar-refractivity contribution in [3.8, 4) is 0 Å². The molecule has 2 N–H and O–H groups in total. The number of hydrogen-bond donors (Lipinski definition) is 1. The second kappa shape index (κ2) is 6.35. The van der Waals surface area contributed by atoms with Gasteiger partial charge in [0, 0.05) is 24.3 Å². The van der Waals surface area contributed by atoms with E-state index < -0.39 is 0 Å². The first-order chi connectivity index (χ1) is 9.65. The third-order valence-corrected chi connectivity index (χ3v) is 3.38. The Morgan fingerprint density at radius 2 is 1.60 bits per heavy atom. The Balaban J connectivity index is 2.42. The first kappa shape index (κ1) is 14.3. The van der Waals surface area contributed by atoms with Crippen LogP contribution in [0.3, 0.4) is 0 Å². The van der Waals surface area contributed by atoms with Crippen LogP contribution in [0.25, 0.3) is 0 Å². The van der Waals surface area contributed by atoms with E-state index in [2.05, 4.69) is 0 Å². The standard InChI is InChI=1S/C17H20N2O/c1-13-7-3-5-9-15(13)17(20)19(12-11-18)16-10-6-4-8-14(16)2/h3-10H,11-12,18H2,1-2H3. The fraction of sp³-hybridized carbons (Fsp3) is 0.235. The van der Waals surface area contributed by atoms with Gasteiger partial charge >= 0.3 is 0 Å². The molecule has 0 aromatic heterocycles. The van der Waals surface area contributed by atoms with Crippen molar-refractivity contribution >= 4 is 11.6 Å². The van der Waals surface area contributed by atoms with Gasteiger partial charge in [-0.15, -0.1) is 0 Å². The molecule has 104 valence electrons. The Morgan fingerprint density at radius 1 is 1.00 bits per heavy atom. The highest BCUT2D eigenvalue weighted by atomic mass is 16.2. The number of rotatable bonds is 4. The molecule has 0 atom stereocenters. The average molecular weight is 268 g/mol. The Kier molecular flexibility index (Phi) is 4.53. The maximum atomic E-state index is 12.8. The molecule has 0 spiro atoms. The predicted molar refractivity (Wildman–Crippen MR) is 83.1 cm³/mol. The number of carbonyl (C=O) groups excluding carboxylic acids is 1. The van der Waals surface area contributed by atoms with Crippen LogP contribution in [0.4, 0.5) is 5.69 Å². The van der Waals surface area contributed by atoms with Crippen molar-refractivity contribution < 1.29 is 4.79 Å². The van der Waals surface area contributed by atoms with Crippen LogP contribution in [0.5, 0.6) is 0 Å². The molecule has 0 aliphatic heterocycles. The van der Waals surface area contributed by atoms with E-state index in [1.807, 2.05) is 62.4 Å². The summed E-state index contributed by atoms with van der Waals surface area (Å²) in [5.74, 6) is 0.00264. The lowest BCUT2D eigenvalue weighted by Gasteiger charge is -2.24. The molecule has 0 aliphatic rings. The summed E-state index contributed by atoms with van der Waals surface area (Å²) in [5, 5.41) is 0. The summed E-state index contributed by atoms with van der Waals surface area (Å²) in [6.07, 6.45) is 0. The van der Waals surface area contributed by atoms with Crippen molar-refractivity contribution in [2.75, 3.05) is 18.0 Å². The van der Waals surface area contributed by atoms with Crippen molar-refractivity contribution in [2.45, 2.75) is 13.8 Å². The molecule has 3 nitrogen and oxygen atoms in total. The Hall–Kier alpha value is -2.13. The zero-order valence-corrected chi connectivity index (χ0v) is 12.0. The molecule has 0 fully saturated rings. The van der Waals surface area contributed by atoms with Gasteiger partial charge in [0.25, 0.3) is 5.91 Å². The number of nitrogens with two attached hydrogens (primary N) is 1. The van der Waals surface area contributed by atoms with Crippen molar-refractivity contribution in [1.29, 1.82) is 0 Å². The molecule has 3 heteroatoms. The van der Waals surface area contributed by atoms with Gasteiger partial charge in [-0.1, -0.05) is 36.4 Å². The Labute approximate surface area is 120 Å². The minimum absolute atomic E-state index is 0.00264. The van der Waals surface area contributed by atoms with Crippen LogP contribution in [0.1, 0.15) is 21.5 Å². The number of anilines is 1. The van der Waals surface area contributed by atoms with Crippen LogP contribution < -0.4 is 10.6 Å². The molecule has 0 aliphatic carbocycles. The van der Waals surface area contributed by atoms with Crippen LogP contribution in [0.2, 0.25) is 0 Å². The second-order valence-electron chi connectivity index (χ2n) is 4.85.